The average molecular weight is 344 g/mol. The SMILES string of the molecule is CCCC(=O)NC(Cc1ccccc1)CN1CC(N2CCCCC2)C1. The molecule has 25 heavy (non-hydrogen) atoms. The summed E-state index contributed by atoms with van der Waals surface area (Å²) in [5, 5.41) is 3.27. The van der Waals surface area contributed by atoms with Crippen LogP contribution < -0.4 is 5.32 Å². The summed E-state index contributed by atoms with van der Waals surface area (Å²) in [6, 6.07) is 11.5. The molecule has 0 radical (unpaired) electrons. The van der Waals surface area contributed by atoms with E-state index in [1.165, 1.54) is 37.9 Å². The van der Waals surface area contributed by atoms with E-state index >= 15 is 0 Å². The summed E-state index contributed by atoms with van der Waals surface area (Å²) in [5.41, 5.74) is 1.30. The molecule has 138 valence electrons. The number of carbonyl (C=O) groups is 1. The number of hydrogen-bond donors (Lipinski definition) is 1. The molecule has 2 aliphatic heterocycles. The summed E-state index contributed by atoms with van der Waals surface area (Å²) in [6.07, 6.45) is 6.57. The molecule has 0 saturated carbocycles. The first-order valence-electron chi connectivity index (χ1n) is 10.0. The highest BCUT2D eigenvalue weighted by atomic mass is 16.1. The van der Waals surface area contributed by atoms with E-state index < -0.39 is 0 Å². The van der Waals surface area contributed by atoms with Crippen molar-refractivity contribution >= 4 is 5.91 Å². The number of benzene rings is 1. The number of nitrogens with one attached hydrogen (secondary N) is 1. The molecular weight excluding hydrogens is 310 g/mol. The largest absolute Gasteiger partial charge is 0.352 e. The van der Waals surface area contributed by atoms with E-state index in [0.717, 1.165) is 38.5 Å². The average Bonchev–Trinajstić information content (AvgIpc) is 2.59. The molecule has 0 aliphatic carbocycles. The minimum atomic E-state index is 0.191. The molecule has 1 unspecified atom stereocenters. The van der Waals surface area contributed by atoms with Crippen molar-refractivity contribution in [3.05, 3.63) is 35.9 Å². The zero-order chi connectivity index (χ0) is 17.5. The maximum absolute atomic E-state index is 12.1. The Balaban J connectivity index is 1.50. The van der Waals surface area contributed by atoms with Gasteiger partial charge in [0.15, 0.2) is 0 Å². The molecule has 2 heterocycles. The van der Waals surface area contributed by atoms with Gasteiger partial charge in [-0.1, -0.05) is 43.7 Å². The van der Waals surface area contributed by atoms with Crippen molar-refractivity contribution < 1.29 is 4.79 Å². The molecular formula is C21H33N3O. The summed E-state index contributed by atoms with van der Waals surface area (Å²) in [6.45, 7) is 7.90. The predicted octanol–water partition coefficient (Wildman–Crippen LogP) is 2.68. The van der Waals surface area contributed by atoms with Gasteiger partial charge in [-0.3, -0.25) is 14.6 Å². The third-order valence-corrected chi connectivity index (χ3v) is 5.49. The highest BCUT2D eigenvalue weighted by Gasteiger charge is 2.33. The number of hydrogen-bond acceptors (Lipinski definition) is 3. The Kier molecular flexibility index (Phi) is 6.88. The van der Waals surface area contributed by atoms with E-state index in [1.54, 1.807) is 0 Å². The fourth-order valence-corrected chi connectivity index (χ4v) is 4.10. The van der Waals surface area contributed by atoms with Crippen LogP contribution in [0.4, 0.5) is 0 Å². The van der Waals surface area contributed by atoms with Crippen LogP contribution in [-0.2, 0) is 11.2 Å². The van der Waals surface area contributed by atoms with E-state index in [9.17, 15) is 4.79 Å². The third kappa shape index (κ3) is 5.55. The van der Waals surface area contributed by atoms with Gasteiger partial charge in [0.05, 0.1) is 0 Å². The molecule has 1 aromatic carbocycles. The van der Waals surface area contributed by atoms with E-state index in [1.807, 2.05) is 6.07 Å². The molecule has 1 atom stereocenters. The Morgan fingerprint density at radius 1 is 1.16 bits per heavy atom. The number of nitrogens with zero attached hydrogens (tertiary/aromatic N) is 2. The van der Waals surface area contributed by atoms with E-state index in [2.05, 4.69) is 46.3 Å². The van der Waals surface area contributed by atoms with Crippen molar-refractivity contribution in [2.45, 2.75) is 57.5 Å². The molecule has 2 saturated heterocycles. The number of rotatable bonds is 8. The van der Waals surface area contributed by atoms with Gasteiger partial charge in [-0.25, -0.2) is 0 Å². The van der Waals surface area contributed by atoms with Gasteiger partial charge in [0.25, 0.3) is 0 Å². The monoisotopic (exact) mass is 343 g/mol. The minimum Gasteiger partial charge on any atom is -0.352 e. The summed E-state index contributed by atoms with van der Waals surface area (Å²) in [7, 11) is 0. The molecule has 3 rings (SSSR count). The second-order valence-corrected chi connectivity index (χ2v) is 7.67. The first kappa shape index (κ1) is 18.4. The number of likely N-dealkylation sites (tertiary alicyclic amines) is 2. The van der Waals surface area contributed by atoms with Gasteiger partial charge in [-0.05, 0) is 44.3 Å². The maximum atomic E-state index is 12.1. The zero-order valence-electron chi connectivity index (χ0n) is 15.6. The topological polar surface area (TPSA) is 35.6 Å². The van der Waals surface area contributed by atoms with Crippen LogP contribution in [0.15, 0.2) is 30.3 Å². The number of amides is 1. The molecule has 1 amide bonds. The third-order valence-electron chi connectivity index (χ3n) is 5.49. The van der Waals surface area contributed by atoms with Crippen molar-refractivity contribution in [3.8, 4) is 0 Å². The number of carbonyl (C=O) groups excluding carboxylic acids is 1. The predicted molar refractivity (Wildman–Crippen MR) is 103 cm³/mol. The maximum Gasteiger partial charge on any atom is 0.220 e. The zero-order valence-corrected chi connectivity index (χ0v) is 15.6. The molecule has 4 heteroatoms. The quantitative estimate of drug-likeness (QED) is 0.788. The minimum absolute atomic E-state index is 0.191. The highest BCUT2D eigenvalue weighted by Crippen LogP contribution is 2.20. The van der Waals surface area contributed by atoms with Crippen LogP contribution in [0.25, 0.3) is 0 Å². The lowest BCUT2D eigenvalue weighted by Crippen LogP contribution is -2.62. The molecule has 0 spiro atoms. The van der Waals surface area contributed by atoms with Gasteiger partial charge in [-0.15, -0.1) is 0 Å². The summed E-state index contributed by atoms with van der Waals surface area (Å²) in [5.74, 6) is 0.191. The van der Waals surface area contributed by atoms with Gasteiger partial charge >= 0.3 is 0 Å². The molecule has 4 nitrogen and oxygen atoms in total. The molecule has 2 aliphatic rings. The van der Waals surface area contributed by atoms with Crippen LogP contribution in [0, 0.1) is 0 Å². The van der Waals surface area contributed by atoms with E-state index in [4.69, 9.17) is 0 Å². The molecule has 0 bridgehead atoms. The van der Waals surface area contributed by atoms with E-state index in [-0.39, 0.29) is 11.9 Å². The van der Waals surface area contributed by atoms with Crippen LogP contribution in [0.5, 0.6) is 0 Å². The summed E-state index contributed by atoms with van der Waals surface area (Å²) < 4.78 is 0. The van der Waals surface area contributed by atoms with Crippen LogP contribution in [0.2, 0.25) is 0 Å². The lowest BCUT2D eigenvalue weighted by molar-refractivity contribution is -0.122. The van der Waals surface area contributed by atoms with Gasteiger partial charge in [0, 0.05) is 38.1 Å². The summed E-state index contributed by atoms with van der Waals surface area (Å²) in [4.78, 5) is 17.3. The number of piperidine rings is 1. The molecule has 1 N–H and O–H groups in total. The van der Waals surface area contributed by atoms with Gasteiger partial charge in [0.2, 0.25) is 5.91 Å². The lowest BCUT2D eigenvalue weighted by Gasteiger charge is -2.47. The Labute approximate surface area is 152 Å². The first-order chi connectivity index (χ1) is 12.2. The second kappa shape index (κ2) is 9.35. The van der Waals surface area contributed by atoms with Crippen molar-refractivity contribution in [3.63, 3.8) is 0 Å². The van der Waals surface area contributed by atoms with Crippen LogP contribution in [-0.4, -0.2) is 60.5 Å². The van der Waals surface area contributed by atoms with Crippen molar-refractivity contribution in [2.24, 2.45) is 0 Å². The summed E-state index contributed by atoms with van der Waals surface area (Å²) >= 11 is 0. The van der Waals surface area contributed by atoms with Crippen LogP contribution >= 0.6 is 0 Å². The van der Waals surface area contributed by atoms with Crippen LogP contribution in [0.3, 0.4) is 0 Å². The Hall–Kier alpha value is -1.39. The van der Waals surface area contributed by atoms with Gasteiger partial charge < -0.3 is 5.32 Å². The van der Waals surface area contributed by atoms with Gasteiger partial charge in [0.1, 0.15) is 0 Å². The Morgan fingerprint density at radius 3 is 2.56 bits per heavy atom. The lowest BCUT2D eigenvalue weighted by atomic mass is 9.99. The highest BCUT2D eigenvalue weighted by molar-refractivity contribution is 5.76. The van der Waals surface area contributed by atoms with Crippen LogP contribution in [0.1, 0.15) is 44.6 Å². The van der Waals surface area contributed by atoms with E-state index in [0.29, 0.717) is 6.42 Å². The Morgan fingerprint density at radius 2 is 1.88 bits per heavy atom. The fraction of sp³-hybridized carbons (Fsp3) is 0.667. The Bertz CT molecular complexity index is 521. The first-order valence-corrected chi connectivity index (χ1v) is 10.0. The standard InChI is InChI=1S/C21H33N3O/c1-2-9-21(25)22-19(14-18-10-5-3-6-11-18)15-23-16-20(17-23)24-12-7-4-8-13-24/h3,5-6,10-11,19-20H,2,4,7-9,12-17H2,1H3,(H,22,25). The molecule has 1 aromatic rings. The second-order valence-electron chi connectivity index (χ2n) is 7.67. The fourth-order valence-electron chi connectivity index (χ4n) is 4.10. The smallest absolute Gasteiger partial charge is 0.220 e. The van der Waals surface area contributed by atoms with Crippen molar-refractivity contribution in [2.75, 3.05) is 32.7 Å². The molecule has 2 fully saturated rings. The van der Waals surface area contributed by atoms with Crippen molar-refractivity contribution in [1.82, 2.24) is 15.1 Å². The molecule has 0 aromatic heterocycles. The van der Waals surface area contributed by atoms with Crippen molar-refractivity contribution in [1.29, 1.82) is 0 Å². The normalized spacial score (nSPS) is 20.8. The van der Waals surface area contributed by atoms with Gasteiger partial charge in [-0.2, -0.15) is 0 Å².